The van der Waals surface area contributed by atoms with Crippen molar-refractivity contribution in [3.8, 4) is 6.07 Å². The van der Waals surface area contributed by atoms with Crippen LogP contribution in [0.15, 0.2) is 60.7 Å². The second-order valence-corrected chi connectivity index (χ2v) is 8.13. The molecule has 0 saturated heterocycles. The first-order valence-corrected chi connectivity index (χ1v) is 9.43. The van der Waals surface area contributed by atoms with Crippen molar-refractivity contribution in [3.05, 3.63) is 71.8 Å². The molecule has 25 heavy (non-hydrogen) atoms. The van der Waals surface area contributed by atoms with Crippen LogP contribution in [0.1, 0.15) is 17.5 Å². The van der Waals surface area contributed by atoms with E-state index in [1.165, 1.54) is 48.5 Å². The highest BCUT2D eigenvalue weighted by molar-refractivity contribution is 8.45. The zero-order valence-electron chi connectivity index (χ0n) is 13.0. The molecular weight excluding hydrogens is 361 g/mol. The molecule has 0 radical (unpaired) electrons. The first-order valence-electron chi connectivity index (χ1n) is 7.31. The first kappa shape index (κ1) is 19.2. The summed E-state index contributed by atoms with van der Waals surface area (Å²) in [7, 11) is -9.85. The summed E-state index contributed by atoms with van der Waals surface area (Å²) in [5.41, 5.74) is -2.53. The average Bonchev–Trinajstić information content (AvgIpc) is 2.53. The van der Waals surface area contributed by atoms with Crippen LogP contribution in [0.5, 0.6) is 0 Å². The predicted octanol–water partition coefficient (Wildman–Crippen LogP) is 6.16. The van der Waals surface area contributed by atoms with Crippen molar-refractivity contribution in [3.63, 3.8) is 0 Å². The number of nitriles is 1. The van der Waals surface area contributed by atoms with Crippen molar-refractivity contribution >= 4 is 10.2 Å². The molecule has 2 nitrogen and oxygen atoms in total. The van der Waals surface area contributed by atoms with E-state index >= 15 is 0 Å². The van der Waals surface area contributed by atoms with Crippen molar-refractivity contribution < 1.29 is 24.2 Å². The lowest BCUT2D eigenvalue weighted by atomic mass is 9.87. The molecule has 0 saturated carbocycles. The third-order valence-corrected chi connectivity index (χ3v) is 4.47. The van der Waals surface area contributed by atoms with Gasteiger partial charge in [-0.3, -0.25) is 0 Å². The largest absolute Gasteiger partial charge is 0.363 e. The monoisotopic (exact) mass is 377 g/mol. The van der Waals surface area contributed by atoms with Crippen LogP contribution < -0.4 is 0 Å². The molecule has 0 N–H and O–H groups in total. The molecule has 2 rings (SSSR count). The number of benzene rings is 2. The van der Waals surface area contributed by atoms with Crippen molar-refractivity contribution in [2.75, 3.05) is 12.4 Å². The third-order valence-electron chi connectivity index (χ3n) is 3.52. The molecule has 8 heteroatoms. The van der Waals surface area contributed by atoms with Gasteiger partial charge in [-0.2, -0.15) is 5.26 Å². The average molecular weight is 377 g/mol. The Hall–Kier alpha value is -2.11. The highest BCUT2D eigenvalue weighted by Gasteiger charge is 2.68. The summed E-state index contributed by atoms with van der Waals surface area (Å²) in [6, 6.07) is 15.9. The lowest BCUT2D eigenvalue weighted by molar-refractivity contribution is -0.00338. The van der Waals surface area contributed by atoms with Crippen molar-refractivity contribution in [1.29, 1.82) is 5.26 Å². The lowest BCUT2D eigenvalue weighted by Crippen LogP contribution is -2.40. The summed E-state index contributed by atoms with van der Waals surface area (Å²) in [6.45, 7) is -0.409. The molecule has 0 aliphatic rings. The van der Waals surface area contributed by atoms with E-state index in [1.54, 1.807) is 18.2 Å². The number of ether oxygens (including phenoxy) is 1. The molecule has 0 aliphatic carbocycles. The van der Waals surface area contributed by atoms with Gasteiger partial charge in [0.05, 0.1) is 19.1 Å². The second-order valence-electron chi connectivity index (χ2n) is 5.59. The van der Waals surface area contributed by atoms with Gasteiger partial charge in [-0.15, -0.1) is 0 Å². The fourth-order valence-corrected chi connectivity index (χ4v) is 3.80. The van der Waals surface area contributed by atoms with Crippen molar-refractivity contribution in [2.24, 2.45) is 0 Å². The number of rotatable bonds is 7. The zero-order chi connectivity index (χ0) is 18.7. The van der Waals surface area contributed by atoms with Gasteiger partial charge in [0.2, 0.25) is 0 Å². The summed E-state index contributed by atoms with van der Waals surface area (Å²) < 4.78 is 72.6. The minimum Gasteiger partial charge on any atom is -0.363 e. The number of nitrogens with zero attached hydrogens (tertiary/aromatic N) is 1. The summed E-state index contributed by atoms with van der Waals surface area (Å²) in [5.74, 6) is -2.44. The maximum Gasteiger partial charge on any atom is 0.289 e. The van der Waals surface area contributed by atoms with Crippen LogP contribution in [-0.4, -0.2) is 12.4 Å². The fourth-order valence-electron chi connectivity index (χ4n) is 2.61. The molecule has 0 aliphatic heterocycles. The van der Waals surface area contributed by atoms with Crippen LogP contribution in [0.3, 0.4) is 0 Å². The van der Waals surface area contributed by atoms with Gasteiger partial charge in [-0.1, -0.05) is 80.1 Å². The van der Waals surface area contributed by atoms with Gasteiger partial charge in [0.15, 0.2) is 0 Å². The van der Waals surface area contributed by atoms with Crippen LogP contribution in [0.4, 0.5) is 19.4 Å². The molecule has 136 valence electrons. The Kier molecular flexibility index (Phi) is 4.61. The van der Waals surface area contributed by atoms with Crippen LogP contribution in [0.25, 0.3) is 0 Å². The quantitative estimate of drug-likeness (QED) is 0.428. The van der Waals surface area contributed by atoms with Crippen LogP contribution in [0.2, 0.25) is 0 Å². The van der Waals surface area contributed by atoms with E-state index in [1.807, 2.05) is 0 Å². The van der Waals surface area contributed by atoms with E-state index < -0.39 is 28.2 Å². The molecule has 0 heterocycles. The number of hydrogen-bond donors (Lipinski definition) is 0. The molecule has 0 fully saturated rings. The van der Waals surface area contributed by atoms with Crippen molar-refractivity contribution in [1.82, 2.24) is 0 Å². The van der Waals surface area contributed by atoms with Gasteiger partial charge in [0, 0.05) is 0 Å². The lowest BCUT2D eigenvalue weighted by Gasteiger charge is -2.48. The van der Waals surface area contributed by atoms with Crippen molar-refractivity contribution in [2.45, 2.75) is 12.0 Å². The molecule has 0 aromatic heterocycles. The molecule has 0 bridgehead atoms. The summed E-state index contributed by atoms with van der Waals surface area (Å²) in [6.07, 6.45) is -0.221. The maximum atomic E-state index is 13.4. The van der Waals surface area contributed by atoms with Gasteiger partial charge < -0.3 is 4.74 Å². The normalized spacial score (nSPS) is 15.0. The SMILES string of the molecule is N#CCCOC(CS(F)(F)(F)(F)F)(c1ccccc1)c1ccccc1. The molecule has 0 atom stereocenters. The van der Waals surface area contributed by atoms with Gasteiger partial charge in [-0.05, 0) is 11.1 Å². The van der Waals surface area contributed by atoms with Gasteiger partial charge >= 0.3 is 0 Å². The first-order chi connectivity index (χ1) is 11.5. The zero-order valence-corrected chi connectivity index (χ0v) is 13.9. The number of hydrogen-bond acceptors (Lipinski definition) is 2. The van der Waals surface area contributed by atoms with Crippen LogP contribution in [-0.2, 0) is 10.3 Å². The van der Waals surface area contributed by atoms with E-state index in [0.717, 1.165) is 0 Å². The standard InChI is InChI=1S/C17H16F5NOS/c18-25(19,20,21,22)14-17(24-13-7-12-23,15-8-3-1-4-9-15)16-10-5-2-6-11-16/h1-6,8-11H,7,13-14H2. The topological polar surface area (TPSA) is 33.0 Å². The molecule has 0 spiro atoms. The van der Waals surface area contributed by atoms with Gasteiger partial charge in [0.25, 0.3) is 10.2 Å². The Bertz CT molecular complexity index is 717. The Morgan fingerprint density at radius 3 is 1.64 bits per heavy atom. The molecule has 0 amide bonds. The highest BCUT2D eigenvalue weighted by atomic mass is 32.5. The Balaban J connectivity index is 2.68. The molecule has 0 unspecified atom stereocenters. The van der Waals surface area contributed by atoms with Gasteiger partial charge in [0.1, 0.15) is 11.4 Å². The third kappa shape index (κ3) is 5.44. The summed E-state index contributed by atoms with van der Waals surface area (Å²) in [5, 5.41) is 8.65. The smallest absolute Gasteiger partial charge is 0.289 e. The van der Waals surface area contributed by atoms with E-state index in [0.29, 0.717) is 0 Å². The second kappa shape index (κ2) is 6.00. The molecule has 2 aromatic carbocycles. The number of halogens is 5. The van der Waals surface area contributed by atoms with E-state index in [-0.39, 0.29) is 17.5 Å². The van der Waals surface area contributed by atoms with Crippen LogP contribution >= 0.6 is 10.2 Å². The van der Waals surface area contributed by atoms with E-state index in [9.17, 15) is 19.4 Å². The predicted molar refractivity (Wildman–Crippen MR) is 87.8 cm³/mol. The van der Waals surface area contributed by atoms with E-state index in [2.05, 4.69) is 0 Å². The maximum absolute atomic E-state index is 13.4. The highest BCUT2D eigenvalue weighted by Crippen LogP contribution is 2.98. The molecule has 2 aromatic rings. The van der Waals surface area contributed by atoms with E-state index in [4.69, 9.17) is 10.00 Å². The fraction of sp³-hybridized carbons (Fsp3) is 0.235. The minimum absolute atomic E-state index is 0.0487. The summed E-state index contributed by atoms with van der Waals surface area (Å²) >= 11 is 0. The van der Waals surface area contributed by atoms with Gasteiger partial charge in [-0.25, -0.2) is 0 Å². The van der Waals surface area contributed by atoms with Crippen LogP contribution in [0, 0.1) is 11.3 Å². The Morgan fingerprint density at radius 1 is 0.840 bits per heavy atom. The summed E-state index contributed by atoms with van der Waals surface area (Å²) in [4.78, 5) is 0. The Labute approximate surface area is 142 Å². The Morgan fingerprint density at radius 2 is 1.28 bits per heavy atom. The minimum atomic E-state index is -9.85. The molecular formula is C17H16F5NOS.